The molecule has 1 saturated carbocycles. The van der Waals surface area contributed by atoms with Crippen molar-refractivity contribution in [3.8, 4) is 0 Å². The summed E-state index contributed by atoms with van der Waals surface area (Å²) in [5.41, 5.74) is 2.28. The molecule has 1 amide bonds. The minimum Gasteiger partial charge on any atom is -0.376 e. The van der Waals surface area contributed by atoms with Gasteiger partial charge in [-0.1, -0.05) is 0 Å². The number of H-pyrrole nitrogens is 1. The first kappa shape index (κ1) is 17.3. The SMILES string of the molecule is Cn1cc(C[C@H]2[C@H](OCC3CC3)CCN2C(=O)CCc2ccc[nH]2)cn1. The first-order valence-electron chi connectivity index (χ1n) is 9.70. The topological polar surface area (TPSA) is 63.1 Å². The predicted molar refractivity (Wildman–Crippen MR) is 98.6 cm³/mol. The molecule has 2 aromatic heterocycles. The van der Waals surface area contributed by atoms with Crippen LogP contribution in [0.2, 0.25) is 0 Å². The molecule has 6 nitrogen and oxygen atoms in total. The van der Waals surface area contributed by atoms with Crippen molar-refractivity contribution >= 4 is 5.91 Å². The van der Waals surface area contributed by atoms with Gasteiger partial charge in [0.25, 0.3) is 0 Å². The Kier molecular flexibility index (Phi) is 5.11. The van der Waals surface area contributed by atoms with Gasteiger partial charge in [0, 0.05) is 44.7 Å². The van der Waals surface area contributed by atoms with Gasteiger partial charge in [0.05, 0.1) is 18.3 Å². The zero-order valence-electron chi connectivity index (χ0n) is 15.4. The summed E-state index contributed by atoms with van der Waals surface area (Å²) in [5, 5.41) is 4.28. The first-order valence-corrected chi connectivity index (χ1v) is 9.70. The summed E-state index contributed by atoms with van der Waals surface area (Å²) in [6.07, 6.45) is 11.6. The zero-order valence-corrected chi connectivity index (χ0v) is 15.4. The number of rotatable bonds is 8. The monoisotopic (exact) mass is 356 g/mol. The molecule has 2 aliphatic rings. The molecule has 0 unspecified atom stereocenters. The molecular weight excluding hydrogens is 328 g/mol. The van der Waals surface area contributed by atoms with Gasteiger partial charge in [-0.25, -0.2) is 0 Å². The average molecular weight is 356 g/mol. The predicted octanol–water partition coefficient (Wildman–Crippen LogP) is 2.32. The Labute approximate surface area is 154 Å². The van der Waals surface area contributed by atoms with Gasteiger partial charge in [-0.05, 0) is 55.7 Å². The minimum atomic E-state index is 0.120. The van der Waals surface area contributed by atoms with E-state index in [0.717, 1.165) is 44.0 Å². The number of nitrogens with zero attached hydrogens (tertiary/aromatic N) is 3. The largest absolute Gasteiger partial charge is 0.376 e. The third-order valence-electron chi connectivity index (χ3n) is 5.52. The van der Waals surface area contributed by atoms with Crippen LogP contribution < -0.4 is 0 Å². The highest BCUT2D eigenvalue weighted by Crippen LogP contribution is 2.32. The number of hydrogen-bond acceptors (Lipinski definition) is 3. The van der Waals surface area contributed by atoms with E-state index in [1.807, 2.05) is 47.4 Å². The summed E-state index contributed by atoms with van der Waals surface area (Å²) >= 11 is 0. The Morgan fingerprint density at radius 1 is 1.38 bits per heavy atom. The van der Waals surface area contributed by atoms with E-state index in [0.29, 0.717) is 6.42 Å². The van der Waals surface area contributed by atoms with E-state index < -0.39 is 0 Å². The quantitative estimate of drug-likeness (QED) is 0.789. The molecule has 1 saturated heterocycles. The second-order valence-corrected chi connectivity index (χ2v) is 7.68. The molecule has 26 heavy (non-hydrogen) atoms. The molecule has 0 radical (unpaired) electrons. The van der Waals surface area contributed by atoms with Crippen molar-refractivity contribution in [2.75, 3.05) is 13.2 Å². The lowest BCUT2D eigenvalue weighted by molar-refractivity contribution is -0.133. The van der Waals surface area contributed by atoms with E-state index in [9.17, 15) is 4.79 Å². The molecule has 1 aliphatic carbocycles. The summed E-state index contributed by atoms with van der Waals surface area (Å²) in [7, 11) is 1.93. The number of ether oxygens (including phenoxy) is 1. The number of likely N-dealkylation sites (tertiary alicyclic amines) is 1. The molecule has 0 bridgehead atoms. The highest BCUT2D eigenvalue weighted by atomic mass is 16.5. The number of aromatic amines is 1. The number of carbonyl (C=O) groups excluding carboxylic acids is 1. The maximum absolute atomic E-state index is 12.9. The fourth-order valence-electron chi connectivity index (χ4n) is 3.84. The Morgan fingerprint density at radius 3 is 2.96 bits per heavy atom. The lowest BCUT2D eigenvalue weighted by Crippen LogP contribution is -2.42. The third-order valence-corrected chi connectivity index (χ3v) is 5.52. The molecule has 2 fully saturated rings. The number of hydrogen-bond donors (Lipinski definition) is 1. The van der Waals surface area contributed by atoms with Crippen LogP contribution in [0.1, 0.15) is 36.9 Å². The van der Waals surface area contributed by atoms with Gasteiger partial charge in [-0.15, -0.1) is 0 Å². The van der Waals surface area contributed by atoms with E-state index in [4.69, 9.17) is 4.74 Å². The summed E-state index contributed by atoms with van der Waals surface area (Å²) in [4.78, 5) is 18.1. The van der Waals surface area contributed by atoms with Crippen LogP contribution in [0.25, 0.3) is 0 Å². The van der Waals surface area contributed by atoms with Crippen LogP contribution in [-0.4, -0.2) is 50.9 Å². The number of carbonyl (C=O) groups is 1. The molecule has 6 heteroatoms. The van der Waals surface area contributed by atoms with Crippen LogP contribution in [0.5, 0.6) is 0 Å². The Bertz CT molecular complexity index is 720. The minimum absolute atomic E-state index is 0.120. The standard InChI is InChI=1S/C20H28N4O2/c1-23-13-16(12-22-23)11-18-19(26-14-15-4-5-15)8-10-24(18)20(25)7-6-17-3-2-9-21-17/h2-3,9,12-13,15,18-19,21H,4-8,10-11,14H2,1H3/t18-,19+/m0/s1. The van der Waals surface area contributed by atoms with Crippen molar-refractivity contribution in [1.29, 1.82) is 0 Å². The van der Waals surface area contributed by atoms with Crippen LogP contribution in [0, 0.1) is 5.92 Å². The molecule has 1 aliphatic heterocycles. The summed E-state index contributed by atoms with van der Waals surface area (Å²) in [6.45, 7) is 1.64. The van der Waals surface area contributed by atoms with E-state index in [1.54, 1.807) is 0 Å². The van der Waals surface area contributed by atoms with E-state index in [2.05, 4.69) is 10.1 Å². The number of nitrogens with one attached hydrogen (secondary N) is 1. The maximum Gasteiger partial charge on any atom is 0.223 e. The van der Waals surface area contributed by atoms with Gasteiger partial charge in [0.2, 0.25) is 5.91 Å². The number of aryl methyl sites for hydroxylation is 2. The Morgan fingerprint density at radius 2 is 2.27 bits per heavy atom. The number of amides is 1. The average Bonchev–Trinajstić information content (AvgIpc) is 3.00. The molecule has 4 rings (SSSR count). The van der Waals surface area contributed by atoms with Crippen molar-refractivity contribution in [3.05, 3.63) is 42.0 Å². The summed E-state index contributed by atoms with van der Waals surface area (Å²) in [5.74, 6) is 0.970. The van der Waals surface area contributed by atoms with Gasteiger partial charge in [-0.3, -0.25) is 9.48 Å². The Hall–Kier alpha value is -2.08. The van der Waals surface area contributed by atoms with Gasteiger partial charge < -0.3 is 14.6 Å². The second-order valence-electron chi connectivity index (χ2n) is 7.68. The van der Waals surface area contributed by atoms with Crippen molar-refractivity contribution < 1.29 is 9.53 Å². The molecule has 0 spiro atoms. The van der Waals surface area contributed by atoms with Crippen molar-refractivity contribution in [3.63, 3.8) is 0 Å². The lowest BCUT2D eigenvalue weighted by atomic mass is 10.0. The fraction of sp³-hybridized carbons (Fsp3) is 0.600. The summed E-state index contributed by atoms with van der Waals surface area (Å²) < 4.78 is 8.04. The normalized spacial score (nSPS) is 22.9. The van der Waals surface area contributed by atoms with Crippen LogP contribution in [-0.2, 0) is 29.4 Å². The Balaban J connectivity index is 1.41. The van der Waals surface area contributed by atoms with Gasteiger partial charge in [-0.2, -0.15) is 5.10 Å². The lowest BCUT2D eigenvalue weighted by Gasteiger charge is -2.28. The van der Waals surface area contributed by atoms with Crippen molar-refractivity contribution in [2.24, 2.45) is 13.0 Å². The van der Waals surface area contributed by atoms with E-state index in [-0.39, 0.29) is 18.1 Å². The molecule has 2 aromatic rings. The molecular formula is C20H28N4O2. The van der Waals surface area contributed by atoms with Gasteiger partial charge >= 0.3 is 0 Å². The molecule has 140 valence electrons. The van der Waals surface area contributed by atoms with Crippen LogP contribution >= 0.6 is 0 Å². The van der Waals surface area contributed by atoms with Crippen LogP contribution in [0.4, 0.5) is 0 Å². The van der Waals surface area contributed by atoms with Gasteiger partial charge in [0.1, 0.15) is 0 Å². The zero-order chi connectivity index (χ0) is 17.9. The smallest absolute Gasteiger partial charge is 0.223 e. The summed E-state index contributed by atoms with van der Waals surface area (Å²) in [6, 6.07) is 4.13. The first-order chi connectivity index (χ1) is 12.7. The highest BCUT2D eigenvalue weighted by Gasteiger charge is 2.38. The maximum atomic E-state index is 12.9. The fourth-order valence-corrected chi connectivity index (χ4v) is 3.84. The second kappa shape index (κ2) is 7.66. The molecule has 0 aromatic carbocycles. The van der Waals surface area contributed by atoms with Crippen molar-refractivity contribution in [2.45, 2.75) is 50.7 Å². The highest BCUT2D eigenvalue weighted by molar-refractivity contribution is 5.77. The van der Waals surface area contributed by atoms with Crippen LogP contribution in [0.15, 0.2) is 30.7 Å². The van der Waals surface area contributed by atoms with E-state index in [1.165, 1.54) is 18.4 Å². The third kappa shape index (κ3) is 4.18. The van der Waals surface area contributed by atoms with Gasteiger partial charge in [0.15, 0.2) is 0 Å². The van der Waals surface area contributed by atoms with Crippen molar-refractivity contribution in [1.82, 2.24) is 19.7 Å². The molecule has 1 N–H and O–H groups in total. The van der Waals surface area contributed by atoms with E-state index >= 15 is 0 Å². The molecule has 2 atom stereocenters. The molecule has 3 heterocycles. The van der Waals surface area contributed by atoms with Crippen LogP contribution in [0.3, 0.4) is 0 Å². The number of aromatic nitrogens is 3.